The predicted molar refractivity (Wildman–Crippen MR) is 168 cm³/mol. The molecule has 0 unspecified atom stereocenters. The first kappa shape index (κ1) is 27.9. The van der Waals surface area contributed by atoms with E-state index in [0.717, 1.165) is 0 Å². The molecule has 0 bridgehead atoms. The Labute approximate surface area is 229 Å². The molecule has 1 radical (unpaired) electrons. The molecule has 37 heavy (non-hydrogen) atoms. The minimum atomic E-state index is -0.939. The highest BCUT2D eigenvalue weighted by atomic mass is 28.3. The van der Waals surface area contributed by atoms with Gasteiger partial charge in [0.2, 0.25) is 0 Å². The van der Waals surface area contributed by atoms with Gasteiger partial charge in [-0.05, 0) is 95.6 Å². The summed E-state index contributed by atoms with van der Waals surface area (Å²) in [6.45, 7) is 28.6. The van der Waals surface area contributed by atoms with Gasteiger partial charge in [-0.1, -0.05) is 126 Å². The number of rotatable bonds is 7. The van der Waals surface area contributed by atoms with Gasteiger partial charge in [-0.15, -0.1) is 0 Å². The van der Waals surface area contributed by atoms with Gasteiger partial charge >= 0.3 is 0 Å². The summed E-state index contributed by atoms with van der Waals surface area (Å²) in [5.41, 5.74) is 14.3. The fraction of sp³-hybridized carbons (Fsp3) is 0.500. The summed E-state index contributed by atoms with van der Waals surface area (Å²) in [5.74, 6) is 2.57. The van der Waals surface area contributed by atoms with Crippen molar-refractivity contribution in [1.29, 1.82) is 0 Å². The molecule has 1 aliphatic rings. The van der Waals surface area contributed by atoms with Crippen molar-refractivity contribution in [3.63, 3.8) is 0 Å². The van der Waals surface area contributed by atoms with Gasteiger partial charge in [0.25, 0.3) is 0 Å². The second-order valence-electron chi connectivity index (χ2n) is 13.2. The summed E-state index contributed by atoms with van der Waals surface area (Å²) in [6.07, 6.45) is 0. The van der Waals surface area contributed by atoms with Crippen molar-refractivity contribution < 1.29 is 0 Å². The first-order chi connectivity index (χ1) is 17.3. The summed E-state index contributed by atoms with van der Waals surface area (Å²) in [4.78, 5) is 0. The zero-order chi connectivity index (χ0) is 27.3. The van der Waals surface area contributed by atoms with Crippen molar-refractivity contribution >= 4 is 19.2 Å². The van der Waals surface area contributed by atoms with Crippen molar-refractivity contribution in [2.24, 2.45) is 0 Å². The van der Waals surface area contributed by atoms with E-state index >= 15 is 0 Å². The highest BCUT2D eigenvalue weighted by Gasteiger charge is 2.38. The van der Waals surface area contributed by atoms with Gasteiger partial charge in [-0.3, -0.25) is 0 Å². The molecule has 0 amide bonds. The van der Waals surface area contributed by atoms with Crippen molar-refractivity contribution in [3.8, 4) is 22.3 Å². The van der Waals surface area contributed by atoms with Gasteiger partial charge in [0.15, 0.2) is 0 Å². The van der Waals surface area contributed by atoms with Crippen LogP contribution in [-0.2, 0) is 0 Å². The molecular formula is C36H49Si. The lowest BCUT2D eigenvalue weighted by molar-refractivity contribution is 0.808. The third kappa shape index (κ3) is 4.89. The third-order valence-electron chi connectivity index (χ3n) is 8.35. The molecule has 0 nitrogen and oxygen atoms in total. The van der Waals surface area contributed by atoms with Crippen molar-refractivity contribution in [1.82, 2.24) is 0 Å². The molecule has 1 heterocycles. The summed E-state index contributed by atoms with van der Waals surface area (Å²) in [6, 6.07) is 17.4. The van der Waals surface area contributed by atoms with E-state index < -0.39 is 8.80 Å². The molecule has 0 saturated carbocycles. The Morgan fingerprint density at radius 2 is 0.892 bits per heavy atom. The van der Waals surface area contributed by atoms with E-state index in [1.165, 1.54) is 38.9 Å². The molecule has 0 N–H and O–H groups in total. The van der Waals surface area contributed by atoms with Gasteiger partial charge in [-0.2, -0.15) is 0 Å². The van der Waals surface area contributed by atoms with Crippen LogP contribution in [0.3, 0.4) is 0 Å². The minimum Gasteiger partial charge on any atom is -0.0647 e. The Hall–Kier alpha value is -2.12. The van der Waals surface area contributed by atoms with Crippen LogP contribution >= 0.6 is 0 Å². The molecular weight excluding hydrogens is 460 g/mol. The molecule has 4 rings (SSSR count). The van der Waals surface area contributed by atoms with E-state index in [4.69, 9.17) is 0 Å². The Morgan fingerprint density at radius 3 is 1.30 bits per heavy atom. The molecule has 0 fully saturated rings. The average molecular weight is 510 g/mol. The maximum atomic E-state index is 2.60. The highest BCUT2D eigenvalue weighted by Crippen LogP contribution is 2.43. The number of fused-ring (bicyclic) bond motifs is 3. The summed E-state index contributed by atoms with van der Waals surface area (Å²) in [7, 11) is -0.939. The number of hydrogen-bond acceptors (Lipinski definition) is 0. The summed E-state index contributed by atoms with van der Waals surface area (Å²) < 4.78 is 0. The van der Waals surface area contributed by atoms with Crippen LogP contribution in [0.25, 0.3) is 22.3 Å². The lowest BCUT2D eigenvalue weighted by atomic mass is 9.81. The first-order valence-electron chi connectivity index (χ1n) is 14.7. The minimum absolute atomic E-state index is 0.485. The topological polar surface area (TPSA) is 0 Å². The molecule has 1 aliphatic heterocycles. The van der Waals surface area contributed by atoms with E-state index in [9.17, 15) is 0 Å². The number of hydrogen-bond donors (Lipinski definition) is 0. The molecule has 0 saturated heterocycles. The molecule has 1 heteroatoms. The quantitative estimate of drug-likeness (QED) is 0.278. The van der Waals surface area contributed by atoms with Gasteiger partial charge in [-0.25, -0.2) is 0 Å². The zero-order valence-electron chi connectivity index (χ0n) is 25.5. The fourth-order valence-electron chi connectivity index (χ4n) is 6.25. The second-order valence-corrected chi connectivity index (χ2v) is 16.2. The van der Waals surface area contributed by atoms with Gasteiger partial charge < -0.3 is 0 Å². The van der Waals surface area contributed by atoms with Crippen molar-refractivity contribution in [2.75, 3.05) is 0 Å². The zero-order valence-corrected chi connectivity index (χ0v) is 26.5. The summed E-state index contributed by atoms with van der Waals surface area (Å²) in [5, 5.41) is 3.33. The Bertz CT molecular complexity index is 1260. The van der Waals surface area contributed by atoms with Crippen LogP contribution in [0.1, 0.15) is 140 Å². The molecule has 3 aromatic rings. The second kappa shape index (κ2) is 10.6. The Balaban J connectivity index is 2.13. The molecule has 0 spiro atoms. The highest BCUT2D eigenvalue weighted by molar-refractivity contribution is 6.91. The van der Waals surface area contributed by atoms with Gasteiger partial charge in [0.1, 0.15) is 8.80 Å². The van der Waals surface area contributed by atoms with E-state index in [2.05, 4.69) is 126 Å². The monoisotopic (exact) mass is 509 g/mol. The first-order valence-corrected chi connectivity index (χ1v) is 16.3. The molecule has 0 aliphatic carbocycles. The van der Waals surface area contributed by atoms with Crippen LogP contribution in [0.15, 0.2) is 42.5 Å². The lowest BCUT2D eigenvalue weighted by Crippen LogP contribution is -2.42. The number of benzene rings is 3. The average Bonchev–Trinajstić information content (AvgIpc) is 3.17. The fourth-order valence-corrected chi connectivity index (χ4v) is 9.59. The van der Waals surface area contributed by atoms with Crippen LogP contribution in [0.4, 0.5) is 0 Å². The largest absolute Gasteiger partial charge is 0.126 e. The van der Waals surface area contributed by atoms with E-state index in [0.29, 0.717) is 35.1 Å². The van der Waals surface area contributed by atoms with Crippen molar-refractivity contribution in [3.05, 3.63) is 70.3 Å². The Morgan fingerprint density at radius 1 is 0.486 bits per heavy atom. The van der Waals surface area contributed by atoms with Crippen LogP contribution < -0.4 is 10.4 Å². The molecule has 3 aromatic carbocycles. The van der Waals surface area contributed by atoms with Crippen LogP contribution in [0.2, 0.25) is 5.54 Å². The molecule has 0 aromatic heterocycles. The molecule has 0 atom stereocenters. The van der Waals surface area contributed by atoms with Gasteiger partial charge in [0, 0.05) is 0 Å². The van der Waals surface area contributed by atoms with Crippen molar-refractivity contribution in [2.45, 2.75) is 118 Å². The summed E-state index contributed by atoms with van der Waals surface area (Å²) >= 11 is 0. The standard InChI is InChI=1S/C36H49Si/c1-20(2)26-16-30(22(5)6)34(31(17-26)23(7)8)28-14-13-15-29-35-32(24(9)10)18-27(21(3)4)19-33(35)37(25(11)12)36(28)29/h13-25H,1-12H3. The van der Waals surface area contributed by atoms with Crippen LogP contribution in [0.5, 0.6) is 0 Å². The van der Waals surface area contributed by atoms with E-state index in [-0.39, 0.29) is 0 Å². The van der Waals surface area contributed by atoms with Crippen LogP contribution in [0, 0.1) is 0 Å². The molecule has 197 valence electrons. The SMILES string of the molecule is CC(C)c1cc(C(C)C)c(-c2cccc3c2[Si](C(C)C)c2cc(C(C)C)cc(C(C)C)c2-3)c(C(C)C)c1. The smallest absolute Gasteiger partial charge is 0.0647 e. The predicted octanol–water partition coefficient (Wildman–Crippen LogP) is 9.97. The van der Waals surface area contributed by atoms with E-state index in [1.807, 2.05) is 0 Å². The Kier molecular flexibility index (Phi) is 7.97. The van der Waals surface area contributed by atoms with Gasteiger partial charge in [0.05, 0.1) is 0 Å². The van der Waals surface area contributed by atoms with Crippen LogP contribution in [-0.4, -0.2) is 8.80 Å². The maximum Gasteiger partial charge on any atom is 0.126 e. The lowest BCUT2D eigenvalue weighted by Gasteiger charge is -2.26. The normalized spacial score (nSPS) is 13.7. The third-order valence-corrected chi connectivity index (χ3v) is 11.6. The van der Waals surface area contributed by atoms with E-state index in [1.54, 1.807) is 21.5 Å². The maximum absolute atomic E-state index is 2.60.